The topological polar surface area (TPSA) is 103 Å². The summed E-state index contributed by atoms with van der Waals surface area (Å²) in [5.41, 5.74) is 6.71. The lowest BCUT2D eigenvalue weighted by Crippen LogP contribution is -2.18. The van der Waals surface area contributed by atoms with Crippen LogP contribution in [0.5, 0.6) is 0 Å². The van der Waals surface area contributed by atoms with E-state index in [4.69, 9.17) is 5.11 Å². The average Bonchev–Trinajstić information content (AvgIpc) is 3.35. The Morgan fingerprint density at radius 3 is 2.54 bits per heavy atom. The van der Waals surface area contributed by atoms with Crippen LogP contribution >= 0.6 is 0 Å². The van der Waals surface area contributed by atoms with Gasteiger partial charge in [0.1, 0.15) is 17.8 Å². The van der Waals surface area contributed by atoms with Crippen LogP contribution in [0, 0.1) is 0 Å². The smallest absolute Gasteiger partial charge is 0.328 e. The van der Waals surface area contributed by atoms with Gasteiger partial charge in [0, 0.05) is 30.0 Å². The molecule has 0 aliphatic heterocycles. The van der Waals surface area contributed by atoms with Crippen LogP contribution in [0.4, 0.5) is 11.5 Å². The summed E-state index contributed by atoms with van der Waals surface area (Å²) in [5, 5.41) is 16.5. The van der Waals surface area contributed by atoms with Crippen molar-refractivity contribution in [2.45, 2.75) is 19.5 Å². The lowest BCUT2D eigenvalue weighted by Gasteiger charge is -2.15. The minimum Gasteiger partial charge on any atom is -0.478 e. The van der Waals surface area contributed by atoms with Crippen molar-refractivity contribution in [1.82, 2.24) is 15.0 Å². The van der Waals surface area contributed by atoms with E-state index in [1.54, 1.807) is 18.5 Å². The van der Waals surface area contributed by atoms with E-state index in [0.29, 0.717) is 6.54 Å². The molecule has 0 spiro atoms. The van der Waals surface area contributed by atoms with Gasteiger partial charge in [-0.15, -0.1) is 0 Å². The van der Waals surface area contributed by atoms with Gasteiger partial charge in [-0.2, -0.15) is 0 Å². The molecular formula is C30H29N5O2. The fraction of sp³-hybridized carbons (Fsp3) is 0.100. The Kier molecular flexibility index (Phi) is 7.95. The maximum Gasteiger partial charge on any atom is 0.328 e. The molecule has 0 radical (unpaired) electrons. The second kappa shape index (κ2) is 11.7. The van der Waals surface area contributed by atoms with Gasteiger partial charge in [0.2, 0.25) is 0 Å². The quantitative estimate of drug-likeness (QED) is 0.142. The first kappa shape index (κ1) is 25.2. The summed E-state index contributed by atoms with van der Waals surface area (Å²) in [5.74, 6) is -0.209. The molecule has 2 aromatic heterocycles. The lowest BCUT2D eigenvalue weighted by molar-refractivity contribution is -0.131. The number of fused-ring (bicyclic) bond motifs is 1. The first-order valence-corrected chi connectivity index (χ1v) is 11.9. The van der Waals surface area contributed by atoms with Crippen LogP contribution in [0.2, 0.25) is 0 Å². The highest BCUT2D eigenvalue weighted by molar-refractivity contribution is 5.91. The molecule has 7 nitrogen and oxygen atoms in total. The van der Waals surface area contributed by atoms with Gasteiger partial charge in [-0.1, -0.05) is 67.8 Å². The number of carboxylic acids is 1. The monoisotopic (exact) mass is 491 g/mol. The molecule has 0 aliphatic rings. The van der Waals surface area contributed by atoms with Crippen molar-refractivity contribution in [2.24, 2.45) is 0 Å². The van der Waals surface area contributed by atoms with Crippen LogP contribution in [-0.4, -0.2) is 32.1 Å². The van der Waals surface area contributed by atoms with Crippen molar-refractivity contribution in [1.29, 1.82) is 0 Å². The molecule has 0 fully saturated rings. The van der Waals surface area contributed by atoms with Crippen LogP contribution in [0.25, 0.3) is 28.4 Å². The number of hydrogen-bond donors (Lipinski definition) is 4. The number of H-pyrrole nitrogens is 1. The van der Waals surface area contributed by atoms with E-state index in [2.05, 4.69) is 63.9 Å². The number of carboxylic acid groups (broad SMARTS) is 1. The number of aliphatic carboxylic acids is 1. The number of rotatable bonds is 11. The Morgan fingerprint density at radius 2 is 1.86 bits per heavy atom. The minimum atomic E-state index is -0.958. The maximum atomic E-state index is 10.6. The Bertz CT molecular complexity index is 1460. The van der Waals surface area contributed by atoms with Gasteiger partial charge in [0.05, 0.1) is 5.39 Å². The normalized spacial score (nSPS) is 12.4. The lowest BCUT2D eigenvalue weighted by atomic mass is 10.1. The number of hydrogen-bond acceptors (Lipinski definition) is 5. The molecule has 0 aliphatic carbocycles. The molecule has 4 aromatic rings. The van der Waals surface area contributed by atoms with E-state index in [1.165, 1.54) is 0 Å². The summed E-state index contributed by atoms with van der Waals surface area (Å²) in [6, 6.07) is 18.0. The zero-order chi connectivity index (χ0) is 26.2. The molecule has 0 bridgehead atoms. The first-order valence-electron chi connectivity index (χ1n) is 11.9. The number of nitrogens with one attached hydrogen (secondary N) is 3. The third-order valence-corrected chi connectivity index (χ3v) is 5.92. The Morgan fingerprint density at radius 1 is 1.11 bits per heavy atom. The summed E-state index contributed by atoms with van der Waals surface area (Å²) in [6.07, 6.45) is 9.74. The minimum absolute atomic E-state index is 0.00900. The second-order valence-corrected chi connectivity index (χ2v) is 8.48. The molecule has 0 amide bonds. The van der Waals surface area contributed by atoms with Gasteiger partial charge >= 0.3 is 5.97 Å². The number of allylic oxidation sites excluding steroid dienone is 2. The molecular weight excluding hydrogens is 462 g/mol. The standard InChI is InChI=1S/C30H29N5O2/c1-4-6-23(5-2)20(3)34-29-26-17-27(35-30(26)33-19-32-29)24-12-14-25(15-13-24)31-18-22-9-7-21(8-10-22)11-16-28(36)37/h4-17,19-20,31H,1-2,18H2,3H3,(H,36,37)(H2,32,33,34,35)/b16-11+,23-6+/t20-/m1/s1. The molecule has 37 heavy (non-hydrogen) atoms. The van der Waals surface area contributed by atoms with Gasteiger partial charge in [-0.25, -0.2) is 14.8 Å². The number of aromatic amines is 1. The Labute approximate surface area is 216 Å². The van der Waals surface area contributed by atoms with Crippen molar-refractivity contribution in [3.63, 3.8) is 0 Å². The fourth-order valence-electron chi connectivity index (χ4n) is 3.91. The summed E-state index contributed by atoms with van der Waals surface area (Å²) in [4.78, 5) is 22.9. The molecule has 0 saturated carbocycles. The summed E-state index contributed by atoms with van der Waals surface area (Å²) >= 11 is 0. The molecule has 0 saturated heterocycles. The number of anilines is 2. The Hall–Kier alpha value is -4.91. The molecule has 4 N–H and O–H groups in total. The maximum absolute atomic E-state index is 10.6. The van der Waals surface area contributed by atoms with Crippen molar-refractivity contribution >= 4 is 34.6 Å². The highest BCUT2D eigenvalue weighted by Gasteiger charge is 2.13. The van der Waals surface area contributed by atoms with E-state index >= 15 is 0 Å². The van der Waals surface area contributed by atoms with Crippen LogP contribution in [0.15, 0.2) is 104 Å². The molecule has 4 rings (SSSR count). The number of carbonyl (C=O) groups is 1. The van der Waals surface area contributed by atoms with E-state index < -0.39 is 5.97 Å². The zero-order valence-electron chi connectivity index (χ0n) is 20.6. The van der Waals surface area contributed by atoms with Crippen molar-refractivity contribution < 1.29 is 9.90 Å². The van der Waals surface area contributed by atoms with E-state index in [9.17, 15) is 4.79 Å². The molecule has 2 heterocycles. The van der Waals surface area contributed by atoms with E-state index in [1.807, 2.05) is 48.6 Å². The van der Waals surface area contributed by atoms with E-state index in [0.717, 1.165) is 56.6 Å². The van der Waals surface area contributed by atoms with Crippen LogP contribution in [0.3, 0.4) is 0 Å². The predicted octanol–water partition coefficient (Wildman–Crippen LogP) is 6.43. The number of aromatic nitrogens is 3. The molecule has 186 valence electrons. The molecule has 0 unspecified atom stereocenters. The summed E-state index contributed by atoms with van der Waals surface area (Å²) < 4.78 is 0. The second-order valence-electron chi connectivity index (χ2n) is 8.48. The molecule has 2 aromatic carbocycles. The third-order valence-electron chi connectivity index (χ3n) is 5.92. The van der Waals surface area contributed by atoms with Crippen LogP contribution < -0.4 is 10.6 Å². The molecule has 1 atom stereocenters. The van der Waals surface area contributed by atoms with Gasteiger partial charge < -0.3 is 20.7 Å². The number of benzene rings is 2. The SMILES string of the molecule is C=C/C=C(\C=C)[C@@H](C)Nc1ncnc2[nH]c(-c3ccc(NCc4ccc(/C=C/C(=O)O)cc4)cc3)cc12. The largest absolute Gasteiger partial charge is 0.478 e. The van der Waals surface area contributed by atoms with Gasteiger partial charge in [0.15, 0.2) is 0 Å². The van der Waals surface area contributed by atoms with E-state index in [-0.39, 0.29) is 6.04 Å². The predicted molar refractivity (Wildman–Crippen MR) is 151 cm³/mol. The average molecular weight is 492 g/mol. The summed E-state index contributed by atoms with van der Waals surface area (Å²) in [6.45, 7) is 10.4. The van der Waals surface area contributed by atoms with Gasteiger partial charge in [0.25, 0.3) is 0 Å². The third kappa shape index (κ3) is 6.41. The van der Waals surface area contributed by atoms with Crippen molar-refractivity contribution in [3.8, 4) is 11.3 Å². The highest BCUT2D eigenvalue weighted by Crippen LogP contribution is 2.28. The van der Waals surface area contributed by atoms with Crippen LogP contribution in [0.1, 0.15) is 18.1 Å². The zero-order valence-corrected chi connectivity index (χ0v) is 20.6. The van der Waals surface area contributed by atoms with Crippen molar-refractivity contribution in [3.05, 3.63) is 115 Å². The van der Waals surface area contributed by atoms with Gasteiger partial charge in [-0.05, 0) is 53.5 Å². The highest BCUT2D eigenvalue weighted by atomic mass is 16.4. The van der Waals surface area contributed by atoms with Crippen LogP contribution in [-0.2, 0) is 11.3 Å². The fourth-order valence-corrected chi connectivity index (χ4v) is 3.91. The number of nitrogens with zero attached hydrogens (tertiary/aromatic N) is 2. The Balaban J connectivity index is 1.44. The molecule has 7 heteroatoms. The first-order chi connectivity index (χ1) is 18.0. The summed E-state index contributed by atoms with van der Waals surface area (Å²) in [7, 11) is 0. The van der Waals surface area contributed by atoms with Crippen molar-refractivity contribution in [2.75, 3.05) is 10.6 Å². The van der Waals surface area contributed by atoms with Gasteiger partial charge in [-0.3, -0.25) is 0 Å².